The number of fused-ring (bicyclic) bond motifs is 5. The van der Waals surface area contributed by atoms with Crippen LogP contribution in [-0.4, -0.2) is 12.3 Å². The summed E-state index contributed by atoms with van der Waals surface area (Å²) >= 11 is 0. The summed E-state index contributed by atoms with van der Waals surface area (Å²) in [4.78, 5) is 0. The van der Waals surface area contributed by atoms with Crippen LogP contribution in [0.5, 0.6) is 0 Å². The number of halogens is 2. The van der Waals surface area contributed by atoms with E-state index < -0.39 is 12.3 Å². The summed E-state index contributed by atoms with van der Waals surface area (Å²) < 4.78 is 30.3. The van der Waals surface area contributed by atoms with E-state index >= 15 is 8.78 Å². The summed E-state index contributed by atoms with van der Waals surface area (Å²) in [7, 11) is 0. The molecule has 2 heteroatoms. The zero-order chi connectivity index (χ0) is 16.4. The van der Waals surface area contributed by atoms with Crippen molar-refractivity contribution in [3.8, 4) is 0 Å². The van der Waals surface area contributed by atoms with E-state index in [1.807, 2.05) is 6.08 Å². The van der Waals surface area contributed by atoms with Gasteiger partial charge in [0.2, 0.25) is 0 Å². The smallest absolute Gasteiger partial charge is 0.153 e. The van der Waals surface area contributed by atoms with E-state index in [1.54, 1.807) is 0 Å². The molecule has 8 atom stereocenters. The van der Waals surface area contributed by atoms with Crippen molar-refractivity contribution in [1.29, 1.82) is 0 Å². The van der Waals surface area contributed by atoms with Gasteiger partial charge in [0.1, 0.15) is 6.17 Å². The molecule has 23 heavy (non-hydrogen) atoms. The maximum Gasteiger partial charge on any atom is 0.153 e. The van der Waals surface area contributed by atoms with Gasteiger partial charge in [0.25, 0.3) is 0 Å². The monoisotopic (exact) mass is 320 g/mol. The van der Waals surface area contributed by atoms with Gasteiger partial charge >= 0.3 is 0 Å². The molecular formula is C21H30F2. The molecule has 0 aromatic rings. The maximum absolute atomic E-state index is 15.3. The Kier molecular flexibility index (Phi) is 3.56. The van der Waals surface area contributed by atoms with E-state index in [2.05, 4.69) is 32.9 Å². The van der Waals surface area contributed by atoms with Crippen molar-refractivity contribution in [2.75, 3.05) is 0 Å². The van der Waals surface area contributed by atoms with Gasteiger partial charge in [-0.25, -0.2) is 8.78 Å². The van der Waals surface area contributed by atoms with Gasteiger partial charge in [-0.2, -0.15) is 0 Å². The molecule has 4 aliphatic carbocycles. The molecule has 0 nitrogen and oxygen atoms in total. The molecule has 3 fully saturated rings. The first kappa shape index (κ1) is 15.8. The predicted octanol–water partition coefficient (Wildman–Crippen LogP) is 6.04. The summed E-state index contributed by atoms with van der Waals surface area (Å²) in [6.45, 7) is 6.81. The molecule has 0 aromatic heterocycles. The van der Waals surface area contributed by atoms with Crippen molar-refractivity contribution in [2.24, 2.45) is 34.5 Å². The Morgan fingerprint density at radius 1 is 1.13 bits per heavy atom. The highest BCUT2D eigenvalue weighted by molar-refractivity contribution is 5.36. The third-order valence-corrected chi connectivity index (χ3v) is 8.30. The van der Waals surface area contributed by atoms with Gasteiger partial charge < -0.3 is 0 Å². The van der Waals surface area contributed by atoms with Crippen LogP contribution in [0.15, 0.2) is 23.8 Å². The molecular weight excluding hydrogens is 290 g/mol. The van der Waals surface area contributed by atoms with Crippen LogP contribution in [0.1, 0.15) is 59.3 Å². The van der Waals surface area contributed by atoms with Crippen molar-refractivity contribution in [3.05, 3.63) is 23.8 Å². The van der Waals surface area contributed by atoms with E-state index in [0.717, 1.165) is 24.8 Å². The van der Waals surface area contributed by atoms with Gasteiger partial charge in [-0.3, -0.25) is 0 Å². The Balaban J connectivity index is 1.76. The lowest BCUT2D eigenvalue weighted by Crippen LogP contribution is -2.57. The number of hydrogen-bond donors (Lipinski definition) is 0. The van der Waals surface area contributed by atoms with Crippen LogP contribution in [0.2, 0.25) is 0 Å². The molecule has 0 heterocycles. The van der Waals surface area contributed by atoms with Crippen molar-refractivity contribution in [3.63, 3.8) is 0 Å². The first-order valence-corrected chi connectivity index (χ1v) is 9.60. The summed E-state index contributed by atoms with van der Waals surface area (Å²) in [5.74, 6) is 1.25. The fourth-order valence-electron chi connectivity index (χ4n) is 7.06. The van der Waals surface area contributed by atoms with Gasteiger partial charge in [-0.15, -0.1) is 0 Å². The highest BCUT2D eigenvalue weighted by Crippen LogP contribution is 2.67. The molecule has 0 unspecified atom stereocenters. The minimum atomic E-state index is -1.39. The Bertz CT molecular complexity index is 550. The first-order valence-electron chi connectivity index (χ1n) is 9.60. The third-order valence-electron chi connectivity index (χ3n) is 8.30. The van der Waals surface area contributed by atoms with E-state index in [0.29, 0.717) is 11.8 Å². The Hall–Kier alpha value is -0.660. The van der Waals surface area contributed by atoms with E-state index in [-0.39, 0.29) is 22.7 Å². The molecule has 0 aromatic carbocycles. The van der Waals surface area contributed by atoms with Gasteiger partial charge in [0.15, 0.2) is 6.17 Å². The molecule has 0 saturated heterocycles. The van der Waals surface area contributed by atoms with E-state index in [9.17, 15) is 0 Å². The maximum atomic E-state index is 15.3. The summed E-state index contributed by atoms with van der Waals surface area (Å²) in [5.41, 5.74) is 0.717. The van der Waals surface area contributed by atoms with Crippen molar-refractivity contribution >= 4 is 0 Å². The summed E-state index contributed by atoms with van der Waals surface area (Å²) in [6.07, 6.45) is 10.1. The molecule has 3 saturated carbocycles. The highest BCUT2D eigenvalue weighted by atomic mass is 19.2. The van der Waals surface area contributed by atoms with Crippen LogP contribution in [0.4, 0.5) is 8.78 Å². The Labute approximate surface area is 139 Å². The fraction of sp³-hybridized carbons (Fsp3) is 0.810. The Morgan fingerprint density at radius 2 is 1.91 bits per heavy atom. The second-order valence-corrected chi connectivity index (χ2v) is 8.94. The standard InChI is InChI=1S/C21H30F2/c1-4-13-8-9-14-17-15(10-12-20(13,14)2)21(3)11-6-5-7-16(21)18(22)19(17)23/h6-7,11,13-15,17-19H,4-5,8-10,12H2,1-3H3/t13-,14-,15-,17-,18-,19-,20+,21+/m0/s1. The Morgan fingerprint density at radius 3 is 2.65 bits per heavy atom. The average Bonchev–Trinajstić information content (AvgIpc) is 2.88. The second kappa shape index (κ2) is 5.17. The SMILES string of the molecule is CC[C@H]1CC[C@H]2[C@@H]3[C@H](F)[C@@H](F)C4=CCC=C[C@]4(C)[C@H]3CC[C@]12C. The van der Waals surface area contributed by atoms with Gasteiger partial charge in [-0.05, 0) is 60.8 Å². The molecule has 0 amide bonds. The highest BCUT2D eigenvalue weighted by Gasteiger charge is 2.63. The molecule has 4 rings (SSSR count). The van der Waals surface area contributed by atoms with Crippen LogP contribution in [-0.2, 0) is 0 Å². The van der Waals surface area contributed by atoms with Crippen molar-refractivity contribution in [1.82, 2.24) is 0 Å². The summed E-state index contributed by atoms with van der Waals surface area (Å²) in [5, 5.41) is 0. The first-order chi connectivity index (χ1) is 10.9. The quantitative estimate of drug-likeness (QED) is 0.517. The van der Waals surface area contributed by atoms with E-state index in [4.69, 9.17) is 0 Å². The van der Waals surface area contributed by atoms with Crippen molar-refractivity contribution in [2.45, 2.75) is 71.6 Å². The number of alkyl halides is 2. The molecule has 0 bridgehead atoms. The predicted molar refractivity (Wildman–Crippen MR) is 90.6 cm³/mol. The third kappa shape index (κ3) is 1.93. The molecule has 0 N–H and O–H groups in total. The average molecular weight is 320 g/mol. The van der Waals surface area contributed by atoms with Crippen LogP contribution in [0.3, 0.4) is 0 Å². The molecule has 4 aliphatic rings. The molecule has 0 aliphatic heterocycles. The van der Waals surface area contributed by atoms with Crippen LogP contribution >= 0.6 is 0 Å². The minimum absolute atomic E-state index is 0.0924. The van der Waals surface area contributed by atoms with Gasteiger partial charge in [-0.1, -0.05) is 45.4 Å². The van der Waals surface area contributed by atoms with Crippen molar-refractivity contribution < 1.29 is 8.78 Å². The topological polar surface area (TPSA) is 0 Å². The zero-order valence-corrected chi connectivity index (χ0v) is 14.7. The summed E-state index contributed by atoms with van der Waals surface area (Å²) in [6, 6.07) is 0. The molecule has 128 valence electrons. The van der Waals surface area contributed by atoms with Gasteiger partial charge in [0.05, 0.1) is 0 Å². The van der Waals surface area contributed by atoms with E-state index in [1.165, 1.54) is 19.3 Å². The normalized spacial score (nSPS) is 54.9. The molecule has 0 radical (unpaired) electrons. The molecule has 0 spiro atoms. The second-order valence-electron chi connectivity index (χ2n) is 8.94. The van der Waals surface area contributed by atoms with Crippen LogP contribution in [0.25, 0.3) is 0 Å². The van der Waals surface area contributed by atoms with Crippen LogP contribution < -0.4 is 0 Å². The zero-order valence-electron chi connectivity index (χ0n) is 14.7. The lowest BCUT2D eigenvalue weighted by molar-refractivity contribution is -0.0926. The lowest BCUT2D eigenvalue weighted by Gasteiger charge is -2.58. The number of rotatable bonds is 1. The van der Waals surface area contributed by atoms with Crippen LogP contribution in [0, 0.1) is 34.5 Å². The fourth-order valence-corrected chi connectivity index (χ4v) is 7.06. The number of allylic oxidation sites excluding steroid dienone is 4. The number of hydrogen-bond acceptors (Lipinski definition) is 0. The minimum Gasteiger partial charge on any atom is -0.244 e. The largest absolute Gasteiger partial charge is 0.244 e. The van der Waals surface area contributed by atoms with Gasteiger partial charge in [0, 0.05) is 11.3 Å². The lowest BCUT2D eigenvalue weighted by atomic mass is 9.47.